The van der Waals surface area contributed by atoms with Crippen molar-refractivity contribution in [1.29, 1.82) is 0 Å². The molecule has 1 fully saturated rings. The summed E-state index contributed by atoms with van der Waals surface area (Å²) in [6.07, 6.45) is -5.22. The number of amides is 5. The minimum absolute atomic E-state index is 0.0241. The van der Waals surface area contributed by atoms with Crippen molar-refractivity contribution in [3.8, 4) is 0 Å². The van der Waals surface area contributed by atoms with Crippen molar-refractivity contribution >= 4 is 53.0 Å². The Morgan fingerprint density at radius 2 is 1.43 bits per heavy atom. The van der Waals surface area contributed by atoms with Crippen LogP contribution in [0.2, 0.25) is 0 Å². The number of esters is 1. The SMILES string of the molecule is CC[C@@H](C)[C@H]([C@H](CC(=O)N1CCC[C@@H]1[C@@H](OC)C(C)C(=O)N[C@@H](C)[C@H](O)c1ccccc1)OC)N(C)C(=O)[C@H](CC(=O)[C@H](C(C)C)N(C)C(=O)OC(C(=O)OC)c1ccc(NC(=O)OCc2c(F)c(F)c(N=[N+]=[N-])c(F)c2F)cc1)C(C)C. The summed E-state index contributed by atoms with van der Waals surface area (Å²) in [5.74, 6) is -13.2. The Labute approximate surface area is 481 Å². The fraction of sp³-hybridized carbons (Fsp3) is 0.569. The van der Waals surface area contributed by atoms with E-state index in [-0.39, 0.29) is 41.8 Å². The van der Waals surface area contributed by atoms with Gasteiger partial charge in [-0.1, -0.05) is 102 Å². The summed E-state index contributed by atoms with van der Waals surface area (Å²) >= 11 is 0. The molecule has 3 aromatic rings. The first-order valence-corrected chi connectivity index (χ1v) is 27.3. The van der Waals surface area contributed by atoms with Crippen LogP contribution < -0.4 is 10.6 Å². The number of nitrogens with one attached hydrogen (secondary N) is 2. The summed E-state index contributed by atoms with van der Waals surface area (Å²) in [5, 5.41) is 18.7. The third-order valence-electron chi connectivity index (χ3n) is 15.4. The smallest absolute Gasteiger partial charge is 0.411 e. The van der Waals surface area contributed by atoms with Crippen LogP contribution in [0.25, 0.3) is 10.4 Å². The quantitative estimate of drug-likeness (QED) is 0.0116. The molecule has 83 heavy (non-hydrogen) atoms. The zero-order valence-electron chi connectivity index (χ0n) is 49.2. The number of rotatable bonds is 28. The van der Waals surface area contributed by atoms with Crippen molar-refractivity contribution < 1.29 is 79.9 Å². The van der Waals surface area contributed by atoms with Crippen LogP contribution in [0.5, 0.6) is 0 Å². The fourth-order valence-electron chi connectivity index (χ4n) is 10.5. The molecule has 11 atom stereocenters. The molecule has 0 radical (unpaired) electrons. The van der Waals surface area contributed by atoms with Gasteiger partial charge in [0, 0.05) is 63.4 Å². The second-order valence-electron chi connectivity index (χ2n) is 21.4. The van der Waals surface area contributed by atoms with Gasteiger partial charge in [-0.3, -0.25) is 24.5 Å². The lowest BCUT2D eigenvalue weighted by Crippen LogP contribution is -2.55. The van der Waals surface area contributed by atoms with E-state index in [0.717, 1.165) is 12.0 Å². The molecule has 3 aromatic carbocycles. The van der Waals surface area contributed by atoms with E-state index in [1.807, 2.05) is 19.9 Å². The van der Waals surface area contributed by atoms with Crippen LogP contribution in [0.15, 0.2) is 59.7 Å². The molecule has 3 N–H and O–H groups in total. The van der Waals surface area contributed by atoms with Gasteiger partial charge in [0.25, 0.3) is 0 Å². The second-order valence-corrected chi connectivity index (χ2v) is 21.4. The maximum atomic E-state index is 14.8. The molecule has 2 unspecified atom stereocenters. The number of hydrogen-bond donors (Lipinski definition) is 3. The molecular formula is C58H78F4N8O13. The van der Waals surface area contributed by atoms with Crippen molar-refractivity contribution in [1.82, 2.24) is 20.0 Å². The first-order chi connectivity index (χ1) is 39.2. The third kappa shape index (κ3) is 16.9. The number of carbonyl (C=O) groups excluding carboxylic acids is 7. The van der Waals surface area contributed by atoms with Gasteiger partial charge in [0.15, 0.2) is 29.1 Å². The molecule has 0 saturated carbocycles. The molecule has 5 amide bonds. The van der Waals surface area contributed by atoms with Gasteiger partial charge in [0.05, 0.1) is 67.5 Å². The van der Waals surface area contributed by atoms with E-state index in [2.05, 4.69) is 20.7 Å². The molecule has 0 aliphatic carbocycles. The highest BCUT2D eigenvalue weighted by Crippen LogP contribution is 2.34. The Bertz CT molecular complexity index is 2760. The summed E-state index contributed by atoms with van der Waals surface area (Å²) < 4.78 is 84.7. The van der Waals surface area contributed by atoms with E-state index in [0.29, 0.717) is 31.4 Å². The van der Waals surface area contributed by atoms with E-state index in [9.17, 15) is 56.2 Å². The maximum Gasteiger partial charge on any atom is 0.411 e. The number of ether oxygens (including phenoxy) is 5. The molecule has 0 spiro atoms. The molecule has 1 aliphatic heterocycles. The van der Waals surface area contributed by atoms with Gasteiger partial charge >= 0.3 is 18.2 Å². The summed E-state index contributed by atoms with van der Waals surface area (Å²) in [4.78, 5) is 103. The highest BCUT2D eigenvalue weighted by Gasteiger charge is 2.44. The Balaban J connectivity index is 1.46. The zero-order chi connectivity index (χ0) is 62.2. The Morgan fingerprint density at radius 1 is 0.819 bits per heavy atom. The van der Waals surface area contributed by atoms with Gasteiger partial charge < -0.3 is 48.8 Å². The van der Waals surface area contributed by atoms with Crippen molar-refractivity contribution in [2.24, 2.45) is 34.7 Å². The summed E-state index contributed by atoms with van der Waals surface area (Å²) in [6, 6.07) is 11.1. The van der Waals surface area contributed by atoms with Crippen molar-refractivity contribution in [2.45, 2.75) is 143 Å². The summed E-state index contributed by atoms with van der Waals surface area (Å²) in [6.45, 7) is 13.4. The van der Waals surface area contributed by atoms with E-state index >= 15 is 0 Å². The molecule has 21 nitrogen and oxygen atoms in total. The number of nitrogens with zero attached hydrogens (tertiary/aromatic N) is 6. The number of likely N-dealkylation sites (tertiary alicyclic amines) is 1. The van der Waals surface area contributed by atoms with Crippen LogP contribution in [-0.2, 0) is 54.3 Å². The molecule has 456 valence electrons. The number of ketones is 1. The van der Waals surface area contributed by atoms with E-state index < -0.39 is 143 Å². The molecule has 0 bridgehead atoms. The number of halogens is 4. The zero-order valence-corrected chi connectivity index (χ0v) is 49.2. The number of aliphatic hydroxyl groups is 1. The maximum absolute atomic E-state index is 14.8. The Kier molecular flexibility index (Phi) is 25.8. The number of benzene rings is 3. The van der Waals surface area contributed by atoms with E-state index in [4.69, 9.17) is 29.2 Å². The van der Waals surface area contributed by atoms with Gasteiger partial charge in [0.1, 0.15) is 12.3 Å². The second kappa shape index (κ2) is 31.4. The standard InChI is InChI=1S/C58H78F4N8O13/c1-14-32(6)50(42(79-11)28-43(72)70-26-18-21-40(70)52(80-12)33(7)54(74)64-34(8)51(73)35-19-16-15-17-20-35)68(9)55(75)38(30(2)3)27-41(71)49(31(4)5)69(10)58(78)83-53(56(76)81-13)36-22-24-37(25-23-36)65-57(77)82-29-39-44(59)46(61)48(66-67-63)47(62)45(39)60/h15-17,19-20,22-25,30-34,38,40,42,49-53,73H,14,18,21,26-29H2,1-13H3,(H,64,74)(H,65,77)/t32-,33?,34+,38-,40-,42+,49+,50-,51+,52+,53?/m1/s1. The molecular weight excluding hydrogens is 1090 g/mol. The van der Waals surface area contributed by atoms with Gasteiger partial charge in [-0.05, 0) is 60.7 Å². The number of anilines is 1. The predicted molar refractivity (Wildman–Crippen MR) is 296 cm³/mol. The number of azide groups is 1. The molecule has 1 heterocycles. The minimum atomic E-state index is -2.00. The number of Topliss-reactive ketones (excluding diaryl/α,β-unsaturated/α-hetero) is 1. The van der Waals surface area contributed by atoms with Crippen molar-refractivity contribution in [2.75, 3.05) is 47.3 Å². The van der Waals surface area contributed by atoms with Crippen LogP contribution in [0, 0.1) is 52.9 Å². The van der Waals surface area contributed by atoms with Crippen LogP contribution in [0.4, 0.5) is 38.5 Å². The average molecular weight is 1170 g/mol. The van der Waals surface area contributed by atoms with Crippen LogP contribution in [-0.4, -0.2) is 140 Å². The molecule has 1 saturated heterocycles. The van der Waals surface area contributed by atoms with Crippen LogP contribution in [0.3, 0.4) is 0 Å². The topological polar surface area (TPSA) is 268 Å². The minimum Gasteiger partial charge on any atom is -0.466 e. The normalized spacial score (nSPS) is 16.9. The Hall–Kier alpha value is -7.34. The molecule has 0 aromatic heterocycles. The number of aliphatic hydroxyl groups excluding tert-OH is 1. The highest BCUT2D eigenvalue weighted by atomic mass is 19.2. The summed E-state index contributed by atoms with van der Waals surface area (Å²) in [5.41, 5.74) is 6.26. The van der Waals surface area contributed by atoms with E-state index in [1.165, 1.54) is 45.5 Å². The van der Waals surface area contributed by atoms with Gasteiger partial charge in [-0.2, -0.15) is 0 Å². The largest absolute Gasteiger partial charge is 0.466 e. The highest BCUT2D eigenvalue weighted by molar-refractivity contribution is 5.92. The number of likely N-dealkylation sites (N-methyl/N-ethyl adjacent to an activating group) is 2. The number of carbonyl (C=O) groups is 7. The van der Waals surface area contributed by atoms with Gasteiger partial charge in [0.2, 0.25) is 23.8 Å². The van der Waals surface area contributed by atoms with Crippen molar-refractivity contribution in [3.05, 3.63) is 105 Å². The number of hydrogen-bond acceptors (Lipinski definition) is 14. The van der Waals surface area contributed by atoms with Crippen LogP contribution in [0.1, 0.15) is 116 Å². The van der Waals surface area contributed by atoms with Gasteiger partial charge in [-0.25, -0.2) is 31.9 Å². The predicted octanol–water partition coefficient (Wildman–Crippen LogP) is 9.63. The van der Waals surface area contributed by atoms with Crippen LogP contribution >= 0.6 is 0 Å². The monoisotopic (exact) mass is 1170 g/mol. The fourth-order valence-corrected chi connectivity index (χ4v) is 10.5. The lowest BCUT2D eigenvalue weighted by Gasteiger charge is -2.41. The molecule has 4 rings (SSSR count). The van der Waals surface area contributed by atoms with Gasteiger partial charge in [-0.15, -0.1) is 0 Å². The van der Waals surface area contributed by atoms with E-state index in [1.54, 1.807) is 82.7 Å². The lowest BCUT2D eigenvalue weighted by atomic mass is 9.83. The number of methoxy groups -OCH3 is 3. The first kappa shape index (κ1) is 68.2. The first-order valence-electron chi connectivity index (χ1n) is 27.3. The van der Waals surface area contributed by atoms with Crippen molar-refractivity contribution in [3.63, 3.8) is 0 Å². The molecule has 25 heteroatoms. The Morgan fingerprint density at radius 3 is 1.96 bits per heavy atom. The lowest BCUT2D eigenvalue weighted by molar-refractivity contribution is -0.152. The molecule has 1 aliphatic rings. The summed E-state index contributed by atoms with van der Waals surface area (Å²) in [7, 11) is 6.93. The third-order valence-corrected chi connectivity index (χ3v) is 15.4. The average Bonchev–Trinajstić information content (AvgIpc) is 4.17.